The molecule has 4 aliphatic carbocycles. The monoisotopic (exact) mass is 1460 g/mol. The van der Waals surface area contributed by atoms with E-state index in [4.69, 9.17) is 18.1 Å². The van der Waals surface area contributed by atoms with Gasteiger partial charge in [-0.15, -0.1) is 0 Å². The Morgan fingerprint density at radius 3 is 1.05 bits per heavy atom. The zero-order chi connectivity index (χ0) is 75.9. The summed E-state index contributed by atoms with van der Waals surface area (Å²) in [6.45, 7) is 10.5. The first-order chi connectivity index (χ1) is 55.9. The zero-order valence-corrected chi connectivity index (χ0v) is 63.9. The van der Waals surface area contributed by atoms with Crippen LogP contribution >= 0.6 is 0 Å². The van der Waals surface area contributed by atoms with Gasteiger partial charge in [0.15, 0.2) is 0 Å². The molecule has 0 radical (unpaired) electrons. The molecule has 0 N–H and O–H groups in total. The molecule has 0 bridgehead atoms. The molecule has 0 amide bonds. The molecule has 18 aromatic carbocycles. The molecular weight excluding hydrogens is 1380 g/mol. The van der Waals surface area contributed by atoms with Crippen LogP contribution in [0.1, 0.15) is 77.8 Å². The number of hydrogen-bond acceptors (Lipinski definition) is 4. The van der Waals surface area contributed by atoms with Crippen LogP contribution in [0.3, 0.4) is 0 Å². The van der Waals surface area contributed by atoms with Crippen molar-refractivity contribution in [2.45, 2.75) is 56.7 Å². The largest absolute Gasteiger partial charge is 0.494 e. The number of rotatable bonds is 4. The van der Waals surface area contributed by atoms with Gasteiger partial charge in [-0.2, -0.15) is 0 Å². The van der Waals surface area contributed by atoms with Crippen molar-refractivity contribution in [1.29, 1.82) is 0 Å². The van der Waals surface area contributed by atoms with Gasteiger partial charge in [-0.3, -0.25) is 0 Å². The van der Waals surface area contributed by atoms with E-state index in [1.54, 1.807) is 0 Å². The maximum atomic E-state index is 6.35. The van der Waals surface area contributed by atoms with E-state index in [2.05, 4.69) is 380 Å². The van der Waals surface area contributed by atoms with Crippen molar-refractivity contribution < 1.29 is 18.1 Å². The van der Waals surface area contributed by atoms with E-state index < -0.39 is 5.41 Å². The minimum Gasteiger partial charge on any atom is -0.456 e. The molecule has 5 aliphatic rings. The summed E-state index contributed by atoms with van der Waals surface area (Å²) in [4.78, 5) is 0. The fraction of sp³-hybridized carbons (Fsp3) is 0.0826. The molecule has 2 aromatic heterocycles. The summed E-state index contributed by atoms with van der Waals surface area (Å²) in [5.41, 5.74) is 33.7. The molecule has 0 atom stereocenters. The Balaban J connectivity index is 0.000000108. The van der Waals surface area contributed by atoms with Gasteiger partial charge in [0.05, 0.1) is 22.0 Å². The Labute approximate surface area is 661 Å². The number of aryl methyl sites for hydroxylation is 1. The van der Waals surface area contributed by atoms with Crippen LogP contribution in [0, 0.1) is 6.92 Å². The van der Waals surface area contributed by atoms with Crippen molar-refractivity contribution in [2.75, 3.05) is 0 Å². The maximum absolute atomic E-state index is 6.35. The number of furan rings is 2. The summed E-state index contributed by atoms with van der Waals surface area (Å²) in [6.07, 6.45) is 0. The van der Waals surface area contributed by atoms with Crippen LogP contribution in [0.4, 0.5) is 0 Å². The minimum atomic E-state index is -0.430. The summed E-state index contributed by atoms with van der Waals surface area (Å²) in [6, 6.07) is 134. The molecule has 1 fully saturated rings. The van der Waals surface area contributed by atoms with Crippen molar-refractivity contribution in [3.8, 4) is 77.9 Å². The standard InChI is InChI=1S/C51H30O.C36H24.C22H21BO3/c1-2-10-31(11-3-1)36-19-23-41-42-24-20-37-26-34(35-21-25-48-43(28-35)44-27-32-12-4-5-13-33(32)30-49(44)52-48)18-22-38(37)50(42)51(47(41)29-36)45-16-8-6-14-39(45)40-15-7-9-17-46(40)51;1-23-15-18-27-26(21-23)17-20-31-30-19-16-25(24-9-3-2-4-10-24)22-34(30)36(35(27)31)32-13-7-5-11-28(32)29-12-6-8-14-33(29)36;1-21(2)22(3,4)26-23(25-21)16-9-10-19-18(13-16)17-11-14-7-5-6-8-15(14)12-20(17)24-19/h1-30H;2-22H,1H3;5-13H,1-4H3. The normalized spacial score (nSPS) is 14.9. The van der Waals surface area contributed by atoms with Crippen molar-refractivity contribution in [3.05, 3.63) is 414 Å². The Kier molecular flexibility index (Phi) is 14.4. The summed E-state index contributed by atoms with van der Waals surface area (Å²) in [7, 11) is -0.366. The van der Waals surface area contributed by atoms with Crippen LogP contribution in [-0.4, -0.2) is 18.3 Å². The van der Waals surface area contributed by atoms with Gasteiger partial charge < -0.3 is 18.1 Å². The SMILES string of the molecule is CC1(C)OB(c2ccc3oc4cc5ccccc5cc4c3c2)OC1(C)C.Cc1ccc2c3c(ccc2c1)-c1ccc(-c2ccccc2)cc1C31c2ccccc2-c2ccccc21.c1ccc(-c2ccc3c(c2)C2(c4ccccc4-c4ccccc42)c2c-3ccc3cc(-c4ccc5oc6cc7ccccc7cc6c5c4)ccc23)cc1. The Hall–Kier alpha value is -13.4. The van der Waals surface area contributed by atoms with Crippen LogP contribution in [0.5, 0.6) is 0 Å². The van der Waals surface area contributed by atoms with Crippen LogP contribution in [0.2, 0.25) is 0 Å². The average Bonchev–Trinajstić information content (AvgIpc) is 1.51. The lowest BCUT2D eigenvalue weighted by Crippen LogP contribution is -2.41. The predicted octanol–water partition coefficient (Wildman–Crippen LogP) is 27.8. The Morgan fingerprint density at radius 2 is 0.570 bits per heavy atom. The average molecular weight is 1460 g/mol. The Bertz CT molecular complexity index is 7350. The molecule has 114 heavy (non-hydrogen) atoms. The van der Waals surface area contributed by atoms with E-state index in [1.165, 1.54) is 171 Å². The molecule has 20 aromatic rings. The summed E-state index contributed by atoms with van der Waals surface area (Å²) in [5, 5.41) is 14.5. The van der Waals surface area contributed by atoms with E-state index in [0.29, 0.717) is 0 Å². The van der Waals surface area contributed by atoms with Crippen molar-refractivity contribution >= 4 is 99.5 Å². The van der Waals surface area contributed by atoms with E-state index in [9.17, 15) is 0 Å². The molecule has 25 rings (SSSR count). The van der Waals surface area contributed by atoms with Gasteiger partial charge in [0.1, 0.15) is 22.3 Å². The van der Waals surface area contributed by atoms with E-state index in [1.807, 2.05) is 18.2 Å². The lowest BCUT2D eigenvalue weighted by molar-refractivity contribution is 0.00578. The highest BCUT2D eigenvalue weighted by molar-refractivity contribution is 6.62. The van der Waals surface area contributed by atoms with Gasteiger partial charge in [-0.1, -0.05) is 309 Å². The highest BCUT2D eigenvalue weighted by atomic mass is 16.7. The molecule has 538 valence electrons. The smallest absolute Gasteiger partial charge is 0.456 e. The van der Waals surface area contributed by atoms with E-state index >= 15 is 0 Å². The lowest BCUT2D eigenvalue weighted by atomic mass is 9.69. The number of hydrogen-bond donors (Lipinski definition) is 0. The highest BCUT2D eigenvalue weighted by Crippen LogP contribution is 2.67. The van der Waals surface area contributed by atoms with Gasteiger partial charge in [0.25, 0.3) is 0 Å². The van der Waals surface area contributed by atoms with Crippen molar-refractivity contribution in [1.82, 2.24) is 0 Å². The van der Waals surface area contributed by atoms with E-state index in [-0.39, 0.29) is 23.7 Å². The first kappa shape index (κ1) is 66.4. The van der Waals surface area contributed by atoms with Crippen LogP contribution in [0.15, 0.2) is 373 Å². The zero-order valence-electron chi connectivity index (χ0n) is 63.9. The first-order valence-corrected chi connectivity index (χ1v) is 39.8. The third-order valence-electron chi connectivity index (χ3n) is 26.0. The second-order valence-corrected chi connectivity index (χ2v) is 32.7. The molecule has 1 saturated heterocycles. The molecule has 0 unspecified atom stereocenters. The number of benzene rings is 18. The van der Waals surface area contributed by atoms with E-state index in [0.717, 1.165) is 49.3 Å². The molecule has 3 heterocycles. The first-order valence-electron chi connectivity index (χ1n) is 39.8. The summed E-state index contributed by atoms with van der Waals surface area (Å²) < 4.78 is 24.8. The molecular formula is C109H75BO4. The van der Waals surface area contributed by atoms with Gasteiger partial charge in [-0.05, 0) is 266 Å². The highest BCUT2D eigenvalue weighted by Gasteiger charge is 2.55. The summed E-state index contributed by atoms with van der Waals surface area (Å²) in [5.74, 6) is 0. The van der Waals surface area contributed by atoms with Crippen LogP contribution < -0.4 is 5.46 Å². The second kappa shape index (κ2) is 24.8. The fourth-order valence-corrected chi connectivity index (χ4v) is 20.1. The molecule has 0 saturated carbocycles. The molecule has 2 spiro atoms. The van der Waals surface area contributed by atoms with Gasteiger partial charge in [-0.25, -0.2) is 0 Å². The van der Waals surface area contributed by atoms with Crippen LogP contribution in [-0.2, 0) is 20.1 Å². The third-order valence-corrected chi connectivity index (χ3v) is 26.0. The third kappa shape index (κ3) is 9.67. The fourth-order valence-electron chi connectivity index (χ4n) is 20.1. The van der Waals surface area contributed by atoms with Crippen molar-refractivity contribution in [2.24, 2.45) is 0 Å². The number of fused-ring (bicyclic) bond motifs is 32. The van der Waals surface area contributed by atoms with Gasteiger partial charge in [0, 0.05) is 21.5 Å². The molecule has 1 aliphatic heterocycles. The van der Waals surface area contributed by atoms with Crippen molar-refractivity contribution in [3.63, 3.8) is 0 Å². The maximum Gasteiger partial charge on any atom is 0.494 e. The van der Waals surface area contributed by atoms with Gasteiger partial charge >= 0.3 is 7.12 Å². The molecule has 5 heteroatoms. The predicted molar refractivity (Wildman–Crippen MR) is 473 cm³/mol. The second-order valence-electron chi connectivity index (χ2n) is 32.7. The quantitative estimate of drug-likeness (QED) is 0.165. The topological polar surface area (TPSA) is 44.7 Å². The molecule has 4 nitrogen and oxygen atoms in total. The minimum absolute atomic E-state index is 0.336. The van der Waals surface area contributed by atoms with Crippen LogP contribution in [0.25, 0.3) is 165 Å². The Morgan fingerprint density at radius 1 is 0.219 bits per heavy atom. The van der Waals surface area contributed by atoms with Gasteiger partial charge in [0.2, 0.25) is 0 Å². The summed E-state index contributed by atoms with van der Waals surface area (Å²) >= 11 is 0. The lowest BCUT2D eigenvalue weighted by Gasteiger charge is -2.32.